The number of amides is 2. The van der Waals surface area contributed by atoms with Crippen LogP contribution < -0.4 is 9.62 Å². The molecule has 0 aliphatic carbocycles. The predicted molar refractivity (Wildman–Crippen MR) is 123 cm³/mol. The SMILES string of the molecule is CC[C@@H](C(=O)NC)N(Cc1ccccc1)C(=O)CN(c1cccc(C)c1C)S(C)(=O)=O. The molecule has 0 spiro atoms. The number of benzene rings is 2. The van der Waals surface area contributed by atoms with Gasteiger partial charge in [0.1, 0.15) is 12.6 Å². The first-order chi connectivity index (χ1) is 14.6. The van der Waals surface area contributed by atoms with Crippen LogP contribution in [0.15, 0.2) is 48.5 Å². The molecular formula is C23H31N3O4S. The van der Waals surface area contributed by atoms with Crippen LogP contribution in [0.25, 0.3) is 0 Å². The highest BCUT2D eigenvalue weighted by Gasteiger charge is 2.31. The van der Waals surface area contributed by atoms with Crippen molar-refractivity contribution in [3.63, 3.8) is 0 Å². The van der Waals surface area contributed by atoms with E-state index in [4.69, 9.17) is 0 Å². The van der Waals surface area contributed by atoms with Crippen LogP contribution in [0.4, 0.5) is 5.69 Å². The first-order valence-electron chi connectivity index (χ1n) is 10.2. The Morgan fingerprint density at radius 2 is 1.68 bits per heavy atom. The van der Waals surface area contributed by atoms with Crippen LogP contribution in [0.2, 0.25) is 0 Å². The zero-order chi connectivity index (χ0) is 23.2. The number of rotatable bonds is 9. The van der Waals surface area contributed by atoms with Crippen LogP contribution in [-0.4, -0.2) is 51.0 Å². The minimum atomic E-state index is -3.73. The van der Waals surface area contributed by atoms with E-state index in [2.05, 4.69) is 5.32 Å². The number of nitrogens with one attached hydrogen (secondary N) is 1. The standard InChI is InChI=1S/C23H31N3O4S/c1-6-20(23(28)24-4)25(15-19-12-8-7-9-13-19)22(27)16-26(31(5,29)30)21-14-10-11-17(2)18(21)3/h7-14,20H,6,15-16H2,1-5H3,(H,24,28)/t20-/m0/s1. The van der Waals surface area contributed by atoms with Crippen molar-refractivity contribution in [3.05, 3.63) is 65.2 Å². The Morgan fingerprint density at radius 1 is 1.03 bits per heavy atom. The second-order valence-corrected chi connectivity index (χ2v) is 9.44. The fourth-order valence-electron chi connectivity index (χ4n) is 3.47. The molecule has 0 saturated carbocycles. The average Bonchev–Trinajstić information content (AvgIpc) is 2.73. The number of carbonyl (C=O) groups excluding carboxylic acids is 2. The fourth-order valence-corrected chi connectivity index (χ4v) is 4.37. The maximum absolute atomic E-state index is 13.4. The van der Waals surface area contributed by atoms with Crippen molar-refractivity contribution < 1.29 is 18.0 Å². The minimum absolute atomic E-state index is 0.204. The predicted octanol–water partition coefficient (Wildman–Crippen LogP) is 2.62. The molecule has 0 fully saturated rings. The molecule has 2 aromatic rings. The second-order valence-electron chi connectivity index (χ2n) is 7.53. The van der Waals surface area contributed by atoms with E-state index in [9.17, 15) is 18.0 Å². The summed E-state index contributed by atoms with van der Waals surface area (Å²) < 4.78 is 26.4. The van der Waals surface area contributed by atoms with Crippen LogP contribution in [0.3, 0.4) is 0 Å². The highest BCUT2D eigenvalue weighted by Crippen LogP contribution is 2.25. The smallest absolute Gasteiger partial charge is 0.244 e. The molecule has 0 aromatic heterocycles. The molecule has 168 valence electrons. The lowest BCUT2D eigenvalue weighted by Crippen LogP contribution is -2.51. The Morgan fingerprint density at radius 3 is 2.23 bits per heavy atom. The molecule has 2 amide bonds. The zero-order valence-corrected chi connectivity index (χ0v) is 19.6. The quantitative estimate of drug-likeness (QED) is 0.643. The molecule has 0 bridgehead atoms. The van der Waals surface area contributed by atoms with E-state index in [0.717, 1.165) is 27.3 Å². The van der Waals surface area contributed by atoms with Gasteiger partial charge in [0.05, 0.1) is 11.9 Å². The van der Waals surface area contributed by atoms with E-state index < -0.39 is 22.0 Å². The summed E-state index contributed by atoms with van der Waals surface area (Å²) in [4.78, 5) is 27.4. The van der Waals surface area contributed by atoms with Gasteiger partial charge in [-0.15, -0.1) is 0 Å². The zero-order valence-electron chi connectivity index (χ0n) is 18.8. The van der Waals surface area contributed by atoms with Gasteiger partial charge in [0.2, 0.25) is 21.8 Å². The Bertz CT molecular complexity index is 1020. The van der Waals surface area contributed by atoms with Crippen molar-refractivity contribution in [1.29, 1.82) is 0 Å². The Balaban J connectivity index is 2.45. The maximum atomic E-state index is 13.4. The first kappa shape index (κ1) is 24.4. The summed E-state index contributed by atoms with van der Waals surface area (Å²) in [5.74, 6) is -0.727. The minimum Gasteiger partial charge on any atom is -0.357 e. The average molecular weight is 446 g/mol. The molecule has 1 N–H and O–H groups in total. The van der Waals surface area contributed by atoms with E-state index in [1.807, 2.05) is 57.2 Å². The lowest BCUT2D eigenvalue weighted by molar-refractivity contribution is -0.140. The lowest BCUT2D eigenvalue weighted by atomic mass is 10.1. The van der Waals surface area contributed by atoms with E-state index in [1.165, 1.54) is 11.9 Å². The van der Waals surface area contributed by atoms with Crippen LogP contribution >= 0.6 is 0 Å². The van der Waals surface area contributed by atoms with Crippen molar-refractivity contribution in [2.45, 2.75) is 39.8 Å². The van der Waals surface area contributed by atoms with Gasteiger partial charge in [-0.05, 0) is 43.0 Å². The number of carbonyl (C=O) groups is 2. The third-order valence-corrected chi connectivity index (χ3v) is 6.48. The summed E-state index contributed by atoms with van der Waals surface area (Å²) in [5.41, 5.74) is 3.03. The van der Waals surface area contributed by atoms with Gasteiger partial charge in [-0.1, -0.05) is 49.4 Å². The van der Waals surface area contributed by atoms with Gasteiger partial charge in [0, 0.05) is 13.6 Å². The van der Waals surface area contributed by atoms with Gasteiger partial charge in [-0.3, -0.25) is 13.9 Å². The van der Waals surface area contributed by atoms with Gasteiger partial charge < -0.3 is 10.2 Å². The van der Waals surface area contributed by atoms with Crippen molar-refractivity contribution >= 4 is 27.5 Å². The van der Waals surface area contributed by atoms with Crippen LogP contribution in [0, 0.1) is 13.8 Å². The van der Waals surface area contributed by atoms with Crippen molar-refractivity contribution in [2.75, 3.05) is 24.2 Å². The molecule has 0 saturated heterocycles. The van der Waals surface area contributed by atoms with Crippen LogP contribution in [0.5, 0.6) is 0 Å². The highest BCUT2D eigenvalue weighted by atomic mass is 32.2. The molecule has 7 nitrogen and oxygen atoms in total. The summed E-state index contributed by atoms with van der Waals surface area (Å²) in [6.07, 6.45) is 1.49. The Labute approximate surface area is 185 Å². The largest absolute Gasteiger partial charge is 0.357 e. The van der Waals surface area contributed by atoms with E-state index >= 15 is 0 Å². The van der Waals surface area contributed by atoms with E-state index in [1.54, 1.807) is 12.1 Å². The Kier molecular flexibility index (Phi) is 8.21. The normalized spacial score (nSPS) is 12.2. The van der Waals surface area contributed by atoms with Gasteiger partial charge >= 0.3 is 0 Å². The van der Waals surface area contributed by atoms with Crippen molar-refractivity contribution in [2.24, 2.45) is 0 Å². The molecule has 31 heavy (non-hydrogen) atoms. The van der Waals surface area contributed by atoms with E-state index in [-0.39, 0.29) is 19.0 Å². The third-order valence-electron chi connectivity index (χ3n) is 5.35. The molecule has 8 heteroatoms. The monoisotopic (exact) mass is 445 g/mol. The summed E-state index contributed by atoms with van der Waals surface area (Å²) in [6.45, 7) is 5.36. The van der Waals surface area contributed by atoms with Gasteiger partial charge in [0.25, 0.3) is 0 Å². The highest BCUT2D eigenvalue weighted by molar-refractivity contribution is 7.92. The number of hydrogen-bond donors (Lipinski definition) is 1. The summed E-state index contributed by atoms with van der Waals surface area (Å²) in [5, 5.41) is 2.60. The second kappa shape index (κ2) is 10.4. The summed E-state index contributed by atoms with van der Waals surface area (Å²) >= 11 is 0. The molecule has 1 atom stereocenters. The van der Waals surface area contributed by atoms with Crippen LogP contribution in [-0.2, 0) is 26.2 Å². The molecular weight excluding hydrogens is 414 g/mol. The molecule has 0 unspecified atom stereocenters. The summed E-state index contributed by atoms with van der Waals surface area (Å²) in [6, 6.07) is 14.0. The van der Waals surface area contributed by atoms with Crippen molar-refractivity contribution in [1.82, 2.24) is 10.2 Å². The molecule has 0 aliphatic rings. The van der Waals surface area contributed by atoms with Gasteiger partial charge in [-0.2, -0.15) is 0 Å². The molecule has 0 heterocycles. The topological polar surface area (TPSA) is 86.8 Å². The Hall–Kier alpha value is -2.87. The molecule has 2 aromatic carbocycles. The van der Waals surface area contributed by atoms with Gasteiger partial charge in [0.15, 0.2) is 0 Å². The maximum Gasteiger partial charge on any atom is 0.244 e. The first-order valence-corrected chi connectivity index (χ1v) is 12.0. The van der Waals surface area contributed by atoms with E-state index in [0.29, 0.717) is 12.1 Å². The number of sulfonamides is 1. The third kappa shape index (κ3) is 6.07. The van der Waals surface area contributed by atoms with Crippen molar-refractivity contribution in [3.8, 4) is 0 Å². The molecule has 2 rings (SSSR count). The van der Waals surface area contributed by atoms with Crippen LogP contribution in [0.1, 0.15) is 30.0 Å². The number of anilines is 1. The molecule has 0 radical (unpaired) electrons. The number of hydrogen-bond acceptors (Lipinski definition) is 4. The van der Waals surface area contributed by atoms with Gasteiger partial charge in [-0.25, -0.2) is 8.42 Å². The fraction of sp³-hybridized carbons (Fsp3) is 0.391. The summed E-state index contributed by atoms with van der Waals surface area (Å²) in [7, 11) is -2.21. The lowest BCUT2D eigenvalue weighted by Gasteiger charge is -2.33. The molecule has 0 aliphatic heterocycles. The number of aryl methyl sites for hydroxylation is 1. The number of likely N-dealkylation sites (N-methyl/N-ethyl adjacent to an activating group) is 1. The number of nitrogens with zero attached hydrogens (tertiary/aromatic N) is 2.